The van der Waals surface area contributed by atoms with Gasteiger partial charge in [0.1, 0.15) is 5.75 Å². The number of carbonyl (C=O) groups excluding carboxylic acids is 1. The Labute approximate surface area is 154 Å². The van der Waals surface area contributed by atoms with E-state index < -0.39 is 4.92 Å². The van der Waals surface area contributed by atoms with Crippen LogP contribution < -0.4 is 10.1 Å². The van der Waals surface area contributed by atoms with E-state index in [0.717, 1.165) is 10.9 Å². The molecule has 6 nitrogen and oxygen atoms in total. The van der Waals surface area contributed by atoms with Crippen molar-refractivity contribution in [1.29, 1.82) is 0 Å². The number of amides is 1. The van der Waals surface area contributed by atoms with Crippen molar-refractivity contribution < 1.29 is 14.5 Å². The van der Waals surface area contributed by atoms with Gasteiger partial charge in [-0.15, -0.1) is 0 Å². The summed E-state index contributed by atoms with van der Waals surface area (Å²) < 4.78 is 6.50. The Hall–Kier alpha value is -2.41. The number of non-ortho nitro benzene ring substituents is 1. The lowest BCUT2D eigenvalue weighted by atomic mass is 10.1. The Morgan fingerprint density at radius 3 is 2.52 bits per heavy atom. The summed E-state index contributed by atoms with van der Waals surface area (Å²) in [6, 6.07) is 10.9. The quantitative estimate of drug-likeness (QED) is 0.515. The number of nitro benzene ring substituents is 1. The van der Waals surface area contributed by atoms with Crippen molar-refractivity contribution in [2.24, 2.45) is 5.92 Å². The van der Waals surface area contributed by atoms with E-state index in [1.54, 1.807) is 12.1 Å². The Morgan fingerprint density at radius 1 is 1.24 bits per heavy atom. The van der Waals surface area contributed by atoms with Crippen molar-refractivity contribution in [2.75, 3.05) is 11.9 Å². The molecule has 0 heterocycles. The summed E-state index contributed by atoms with van der Waals surface area (Å²) in [6.07, 6.45) is 0.888. The maximum atomic E-state index is 12.6. The number of ether oxygens (including phenoxy) is 1. The summed E-state index contributed by atoms with van der Waals surface area (Å²) in [4.78, 5) is 22.8. The Bertz CT molecular complexity index is 760. The van der Waals surface area contributed by atoms with Crippen LogP contribution in [-0.2, 0) is 0 Å². The number of anilines is 1. The molecule has 2 aromatic rings. The van der Waals surface area contributed by atoms with Crippen molar-refractivity contribution in [2.45, 2.75) is 20.3 Å². The van der Waals surface area contributed by atoms with Crippen molar-refractivity contribution in [3.8, 4) is 5.75 Å². The lowest BCUT2D eigenvalue weighted by Gasteiger charge is -2.13. The van der Waals surface area contributed by atoms with E-state index in [2.05, 4.69) is 35.1 Å². The molecular weight excluding hydrogens is 388 g/mol. The molecule has 0 saturated heterocycles. The van der Waals surface area contributed by atoms with Crippen molar-refractivity contribution in [3.63, 3.8) is 0 Å². The first-order valence-electron chi connectivity index (χ1n) is 7.85. The number of nitrogens with zero attached hydrogens (tertiary/aromatic N) is 1. The number of nitro groups is 1. The molecule has 0 aliphatic rings. The monoisotopic (exact) mass is 406 g/mol. The number of rotatable bonds is 7. The molecule has 0 unspecified atom stereocenters. The summed E-state index contributed by atoms with van der Waals surface area (Å²) in [6.45, 7) is 4.73. The number of hydrogen-bond donors (Lipinski definition) is 1. The van der Waals surface area contributed by atoms with Crippen LogP contribution in [0.5, 0.6) is 5.75 Å². The van der Waals surface area contributed by atoms with Gasteiger partial charge in [-0.05, 0) is 42.7 Å². The predicted molar refractivity (Wildman–Crippen MR) is 100 cm³/mol. The van der Waals surface area contributed by atoms with Gasteiger partial charge >= 0.3 is 0 Å². The van der Waals surface area contributed by atoms with Gasteiger partial charge in [-0.2, -0.15) is 0 Å². The number of benzene rings is 2. The topological polar surface area (TPSA) is 81.5 Å². The summed E-state index contributed by atoms with van der Waals surface area (Å²) in [5.74, 6) is 0.672. The highest BCUT2D eigenvalue weighted by molar-refractivity contribution is 9.10. The molecule has 0 saturated carbocycles. The normalized spacial score (nSPS) is 10.6. The maximum Gasteiger partial charge on any atom is 0.269 e. The average molecular weight is 407 g/mol. The van der Waals surface area contributed by atoms with Gasteiger partial charge in [-0.1, -0.05) is 29.8 Å². The number of hydrogen-bond acceptors (Lipinski definition) is 4. The van der Waals surface area contributed by atoms with Crippen LogP contribution in [0.2, 0.25) is 0 Å². The van der Waals surface area contributed by atoms with E-state index in [1.165, 1.54) is 24.3 Å². The highest BCUT2D eigenvalue weighted by Gasteiger charge is 2.14. The molecule has 2 rings (SSSR count). The number of halogens is 1. The fraction of sp³-hybridized carbons (Fsp3) is 0.278. The average Bonchev–Trinajstić information content (AvgIpc) is 2.56. The van der Waals surface area contributed by atoms with E-state index in [0.29, 0.717) is 29.5 Å². The zero-order valence-corrected chi connectivity index (χ0v) is 15.6. The standard InChI is InChI=1S/C18H19BrN2O4/c1-12(2)9-10-25-17-8-3-13(19)11-16(17)18(22)20-14-4-6-15(7-5-14)21(23)24/h3-8,11-12H,9-10H2,1-2H3,(H,20,22). The lowest BCUT2D eigenvalue weighted by molar-refractivity contribution is -0.384. The number of carbonyl (C=O) groups is 1. The molecule has 0 spiro atoms. The van der Waals surface area contributed by atoms with E-state index in [-0.39, 0.29) is 11.6 Å². The van der Waals surface area contributed by atoms with Crippen LogP contribution in [0.3, 0.4) is 0 Å². The second-order valence-corrected chi connectivity index (χ2v) is 6.85. The molecule has 1 N–H and O–H groups in total. The van der Waals surface area contributed by atoms with Gasteiger partial charge in [0.2, 0.25) is 0 Å². The smallest absolute Gasteiger partial charge is 0.269 e. The number of nitrogens with one attached hydrogen (secondary N) is 1. The van der Waals surface area contributed by atoms with Gasteiger partial charge in [0, 0.05) is 22.3 Å². The molecule has 132 valence electrons. The fourth-order valence-corrected chi connectivity index (χ4v) is 2.44. The second kappa shape index (κ2) is 8.62. The largest absolute Gasteiger partial charge is 0.493 e. The SMILES string of the molecule is CC(C)CCOc1ccc(Br)cc1C(=O)Nc1ccc([N+](=O)[O-])cc1. The van der Waals surface area contributed by atoms with Gasteiger partial charge < -0.3 is 10.1 Å². The third kappa shape index (κ3) is 5.56. The van der Waals surface area contributed by atoms with E-state index in [9.17, 15) is 14.9 Å². The minimum absolute atomic E-state index is 0.0295. The first-order chi connectivity index (χ1) is 11.9. The molecule has 2 aromatic carbocycles. The van der Waals surface area contributed by atoms with Gasteiger partial charge in [0.25, 0.3) is 11.6 Å². The zero-order valence-electron chi connectivity index (χ0n) is 14.0. The first kappa shape index (κ1) is 18.9. The van der Waals surface area contributed by atoms with Crippen LogP contribution >= 0.6 is 15.9 Å². The highest BCUT2D eigenvalue weighted by Crippen LogP contribution is 2.25. The predicted octanol–water partition coefficient (Wildman–Crippen LogP) is 5.03. The van der Waals surface area contributed by atoms with Crippen molar-refractivity contribution >= 4 is 33.2 Å². The fourth-order valence-electron chi connectivity index (χ4n) is 2.08. The summed E-state index contributed by atoms with van der Waals surface area (Å²) >= 11 is 3.36. The van der Waals surface area contributed by atoms with Gasteiger partial charge in [0.05, 0.1) is 17.1 Å². The Balaban J connectivity index is 2.14. The van der Waals surface area contributed by atoms with E-state index in [4.69, 9.17) is 4.74 Å². The molecule has 25 heavy (non-hydrogen) atoms. The van der Waals surface area contributed by atoms with Crippen LogP contribution in [0.1, 0.15) is 30.6 Å². The minimum atomic E-state index is -0.486. The minimum Gasteiger partial charge on any atom is -0.493 e. The molecule has 0 fully saturated rings. The molecule has 7 heteroatoms. The van der Waals surface area contributed by atoms with Crippen LogP contribution in [0.4, 0.5) is 11.4 Å². The highest BCUT2D eigenvalue weighted by atomic mass is 79.9. The third-order valence-electron chi connectivity index (χ3n) is 3.47. The van der Waals surface area contributed by atoms with Crippen LogP contribution in [-0.4, -0.2) is 17.4 Å². The summed E-state index contributed by atoms with van der Waals surface area (Å²) in [7, 11) is 0. The van der Waals surface area contributed by atoms with Gasteiger partial charge in [-0.25, -0.2) is 0 Å². The van der Waals surface area contributed by atoms with Gasteiger partial charge in [0.15, 0.2) is 0 Å². The van der Waals surface area contributed by atoms with Gasteiger partial charge in [-0.3, -0.25) is 14.9 Å². The molecule has 1 amide bonds. The maximum absolute atomic E-state index is 12.6. The molecule has 0 radical (unpaired) electrons. The third-order valence-corrected chi connectivity index (χ3v) is 3.97. The molecule has 0 bridgehead atoms. The molecular formula is C18H19BrN2O4. The molecule has 0 atom stereocenters. The molecule has 0 aliphatic carbocycles. The van der Waals surface area contributed by atoms with Crippen LogP contribution in [0.25, 0.3) is 0 Å². The zero-order chi connectivity index (χ0) is 18.4. The van der Waals surface area contributed by atoms with E-state index >= 15 is 0 Å². The summed E-state index contributed by atoms with van der Waals surface area (Å²) in [5, 5.41) is 13.4. The lowest BCUT2D eigenvalue weighted by Crippen LogP contribution is -2.14. The first-order valence-corrected chi connectivity index (χ1v) is 8.64. The van der Waals surface area contributed by atoms with Crippen LogP contribution in [0.15, 0.2) is 46.9 Å². The van der Waals surface area contributed by atoms with Crippen molar-refractivity contribution in [3.05, 3.63) is 62.6 Å². The second-order valence-electron chi connectivity index (χ2n) is 5.93. The van der Waals surface area contributed by atoms with Crippen molar-refractivity contribution in [1.82, 2.24) is 0 Å². The van der Waals surface area contributed by atoms with Crippen LogP contribution in [0, 0.1) is 16.0 Å². The molecule has 0 aromatic heterocycles. The Morgan fingerprint density at radius 2 is 1.92 bits per heavy atom. The Kier molecular flexibility index (Phi) is 6.52. The summed E-state index contributed by atoms with van der Waals surface area (Å²) in [5.41, 5.74) is 0.846. The van der Waals surface area contributed by atoms with E-state index in [1.807, 2.05) is 6.07 Å². The molecule has 0 aliphatic heterocycles.